The molecule has 0 spiro atoms. The van der Waals surface area contributed by atoms with Gasteiger partial charge in [0.25, 0.3) is 0 Å². The van der Waals surface area contributed by atoms with Gasteiger partial charge < -0.3 is 5.73 Å². The minimum atomic E-state index is 0. The molecule has 0 fully saturated rings. The van der Waals surface area contributed by atoms with Crippen LogP contribution in [-0.4, -0.2) is 10.1 Å². The molecule has 0 aromatic carbocycles. The third-order valence-electron chi connectivity index (χ3n) is 0.287. The van der Waals surface area contributed by atoms with Crippen LogP contribution < -0.4 is 5.73 Å². The van der Waals surface area contributed by atoms with E-state index < -0.39 is 0 Å². The summed E-state index contributed by atoms with van der Waals surface area (Å²) in [5.74, 6) is 0.981. The molecule has 0 atom stereocenters. The summed E-state index contributed by atoms with van der Waals surface area (Å²) in [5, 5.41) is 0. The van der Waals surface area contributed by atoms with Gasteiger partial charge in [-0.2, -0.15) is 0 Å². The maximum Gasteiger partial charge on any atom is 0.131 e. The Morgan fingerprint density at radius 2 is 2.29 bits per heavy atom. The van der Waals surface area contributed by atoms with Crippen molar-refractivity contribution in [2.24, 2.45) is 5.73 Å². The van der Waals surface area contributed by atoms with Gasteiger partial charge >= 0.3 is 0 Å². The maximum absolute atomic E-state index is 5.10. The smallest absolute Gasteiger partial charge is 0.131 e. The van der Waals surface area contributed by atoms with Crippen LogP contribution in [0.5, 0.6) is 0 Å². The summed E-state index contributed by atoms with van der Waals surface area (Å²) in [7, 11) is 0. The molecule has 0 saturated heterocycles. The summed E-state index contributed by atoms with van der Waals surface area (Å²) >= 11 is 6.03. The molecule has 2 N–H and O–H groups in total. The minimum absolute atomic E-state index is 0. The molecule has 7 heavy (non-hydrogen) atoms. The fourth-order valence-corrected chi connectivity index (χ4v) is 0.780. The van der Waals surface area contributed by atoms with Gasteiger partial charge in [0.15, 0.2) is 0 Å². The van der Waals surface area contributed by atoms with E-state index in [9.17, 15) is 0 Å². The van der Waals surface area contributed by atoms with Gasteiger partial charge in [-0.05, 0) is 5.75 Å². The zero-order valence-corrected chi connectivity index (χ0v) is 9.98. The van der Waals surface area contributed by atoms with Gasteiger partial charge in [-0.25, -0.2) is 0 Å². The van der Waals surface area contributed by atoms with E-state index in [2.05, 4.69) is 12.2 Å². The van der Waals surface area contributed by atoms with Gasteiger partial charge in [-0.15, -0.1) is 0 Å². The second-order valence-corrected chi connectivity index (χ2v) is 2.76. The van der Waals surface area contributed by atoms with E-state index in [-0.39, 0.29) is 27.3 Å². The monoisotopic (exact) mass is 235 g/mol. The molecule has 4 heteroatoms. The molecule has 0 amide bonds. The predicted molar refractivity (Wildman–Crippen MR) is 34.9 cm³/mol. The Kier molecular flexibility index (Phi) is 11.3. The van der Waals surface area contributed by atoms with Crippen molar-refractivity contribution in [3.8, 4) is 0 Å². The van der Waals surface area contributed by atoms with Gasteiger partial charge in [0.05, 0.1) is 0 Å². The summed E-state index contributed by atoms with van der Waals surface area (Å²) in [4.78, 5) is 0. The van der Waals surface area contributed by atoms with Gasteiger partial charge in [-0.3, -0.25) is 0 Å². The first-order valence-electron chi connectivity index (χ1n) is 1.69. The van der Waals surface area contributed by atoms with E-state index in [1.54, 1.807) is 0 Å². The molecule has 0 unspecified atom stereocenters. The normalized spacial score (nSPS) is 7.00. The zero-order chi connectivity index (χ0) is 4.99. The topological polar surface area (TPSA) is 26.0 Å². The van der Waals surface area contributed by atoms with Crippen molar-refractivity contribution < 1.29 is 27.3 Å². The first kappa shape index (κ1) is 11.0. The fourth-order valence-electron chi connectivity index (χ4n) is 0.142. The summed E-state index contributed by atoms with van der Waals surface area (Å²) in [5.41, 5.74) is 5.10. The Morgan fingerprint density at radius 3 is 2.29 bits per heavy atom. The molecule has 0 aliphatic carbocycles. The molecule has 0 heterocycles. The summed E-state index contributed by atoms with van der Waals surface area (Å²) in [6, 6.07) is 0. The van der Waals surface area contributed by atoms with Crippen LogP contribution >= 0.6 is 24.0 Å². The summed E-state index contributed by atoms with van der Waals surface area (Å²) in [6.45, 7) is 2.02. The van der Waals surface area contributed by atoms with E-state index in [0.29, 0.717) is 4.32 Å². The minimum Gasteiger partial charge on any atom is -0.385 e. The molecule has 0 aliphatic heterocycles. The van der Waals surface area contributed by atoms with E-state index in [4.69, 9.17) is 5.73 Å². The van der Waals surface area contributed by atoms with E-state index >= 15 is 0 Å². The predicted octanol–water partition coefficient (Wildman–Crippen LogP) is 0.981. The van der Waals surface area contributed by atoms with Gasteiger partial charge in [-0.1, -0.05) is 30.9 Å². The van der Waals surface area contributed by atoms with Crippen LogP contribution in [-0.2, 0) is 27.3 Å². The van der Waals surface area contributed by atoms with Crippen molar-refractivity contribution in [3.63, 3.8) is 0 Å². The van der Waals surface area contributed by atoms with Crippen LogP contribution in [0.2, 0.25) is 0 Å². The van der Waals surface area contributed by atoms with Crippen molar-refractivity contribution in [2.45, 2.75) is 6.92 Å². The van der Waals surface area contributed by atoms with Crippen molar-refractivity contribution in [3.05, 3.63) is 0 Å². The number of thioether (sulfide) groups is 1. The van der Waals surface area contributed by atoms with Crippen molar-refractivity contribution >= 4 is 28.3 Å². The molecule has 0 bridgehead atoms. The van der Waals surface area contributed by atoms with Crippen molar-refractivity contribution in [2.75, 3.05) is 5.75 Å². The molecule has 0 saturated carbocycles. The largest absolute Gasteiger partial charge is 0.385 e. The quantitative estimate of drug-likeness (QED) is 0.540. The summed E-state index contributed by atoms with van der Waals surface area (Å²) in [6.07, 6.45) is 0. The first-order valence-corrected chi connectivity index (χ1v) is 3.09. The van der Waals surface area contributed by atoms with Gasteiger partial charge in [0.1, 0.15) is 4.32 Å². The maximum atomic E-state index is 5.10. The molecule has 38 valence electrons. The first-order chi connectivity index (χ1) is 2.77. The zero-order valence-electron chi connectivity index (χ0n) is 4.31. The number of hydrogen-bond acceptors (Lipinski definition) is 2. The second-order valence-electron chi connectivity index (χ2n) is 0.752. The SMILES string of the molecule is CCSC(N)=S.[Cd]. The summed E-state index contributed by atoms with van der Waals surface area (Å²) < 4.78 is 0.539. The third kappa shape index (κ3) is 11.0. The van der Waals surface area contributed by atoms with E-state index in [0.717, 1.165) is 5.75 Å². The fraction of sp³-hybridized carbons (Fsp3) is 0.667. The number of hydrogen-bond donors (Lipinski definition) is 1. The van der Waals surface area contributed by atoms with Crippen LogP contribution in [0.15, 0.2) is 0 Å². The number of nitrogens with two attached hydrogens (primary N) is 1. The van der Waals surface area contributed by atoms with Gasteiger partial charge in [0.2, 0.25) is 0 Å². The molecule has 0 aliphatic rings. The Morgan fingerprint density at radius 1 is 1.86 bits per heavy atom. The molecule has 0 rings (SSSR count). The average molecular weight is 234 g/mol. The van der Waals surface area contributed by atoms with Crippen LogP contribution in [0.1, 0.15) is 6.92 Å². The van der Waals surface area contributed by atoms with E-state index in [1.165, 1.54) is 11.8 Å². The Balaban J connectivity index is 0. The molecule has 1 nitrogen and oxygen atoms in total. The Labute approximate surface area is 73.6 Å². The van der Waals surface area contributed by atoms with Crippen molar-refractivity contribution in [1.29, 1.82) is 0 Å². The second kappa shape index (κ2) is 7.16. The average Bonchev–Trinajstić information content (AvgIpc) is 1.35. The molecule has 0 aromatic heterocycles. The molecule has 0 aromatic rings. The Hall–Kier alpha value is 1.16. The van der Waals surface area contributed by atoms with Crippen LogP contribution in [0.3, 0.4) is 0 Å². The van der Waals surface area contributed by atoms with Crippen molar-refractivity contribution in [1.82, 2.24) is 0 Å². The number of thiocarbonyl (C=S) groups is 1. The Bertz CT molecular complexity index is 56.9. The van der Waals surface area contributed by atoms with Crippen LogP contribution in [0.4, 0.5) is 0 Å². The van der Waals surface area contributed by atoms with Crippen LogP contribution in [0, 0.1) is 0 Å². The van der Waals surface area contributed by atoms with E-state index in [1.807, 2.05) is 6.92 Å². The molecular formula is C3H7CdNS2. The van der Waals surface area contributed by atoms with Gasteiger partial charge in [0, 0.05) is 27.3 Å². The molecular weight excluding hydrogens is 227 g/mol. The standard InChI is InChI=1S/C3H7NS2.Cd/c1-2-6-3(4)5;/h2H2,1H3,(H2,4,5);. The number of rotatable bonds is 1. The third-order valence-corrected chi connectivity index (χ3v) is 1.21. The molecule has 0 radical (unpaired) electrons. The van der Waals surface area contributed by atoms with Crippen LogP contribution in [0.25, 0.3) is 0 Å².